The molecule has 3 rings (SSSR count). The molecule has 1 fully saturated rings. The summed E-state index contributed by atoms with van der Waals surface area (Å²) in [5, 5.41) is 9.54. The summed E-state index contributed by atoms with van der Waals surface area (Å²) in [7, 11) is 0. The quantitative estimate of drug-likeness (QED) is 0.769. The maximum Gasteiger partial charge on any atom is 0.0960 e. The summed E-state index contributed by atoms with van der Waals surface area (Å²) in [6.45, 7) is 0. The topological polar surface area (TPSA) is 38.0 Å². The predicted molar refractivity (Wildman–Crippen MR) is 58.6 cm³/mol. The van der Waals surface area contributed by atoms with Gasteiger partial charge in [-0.05, 0) is 31.4 Å². The fourth-order valence-electron chi connectivity index (χ4n) is 2.46. The predicted octanol–water partition coefficient (Wildman–Crippen LogP) is 2.12. The number of aromatic nitrogens is 2. The molecule has 1 aliphatic carbocycles. The van der Waals surface area contributed by atoms with E-state index in [0.717, 1.165) is 24.8 Å². The molecular formula is C12H14N2O. The molecule has 1 aromatic carbocycles. The molecular weight excluding hydrogens is 188 g/mol. The Kier molecular flexibility index (Phi) is 1.99. The number of imidazole rings is 1. The number of rotatable bonds is 1. The van der Waals surface area contributed by atoms with E-state index in [1.165, 1.54) is 5.52 Å². The molecule has 2 aromatic rings. The van der Waals surface area contributed by atoms with Crippen molar-refractivity contribution >= 4 is 11.0 Å². The van der Waals surface area contributed by atoms with E-state index >= 15 is 0 Å². The van der Waals surface area contributed by atoms with Gasteiger partial charge in [0.2, 0.25) is 0 Å². The number of hydrogen-bond donors (Lipinski definition) is 1. The van der Waals surface area contributed by atoms with Gasteiger partial charge in [0.05, 0.1) is 23.5 Å². The van der Waals surface area contributed by atoms with Crippen LogP contribution < -0.4 is 0 Å². The number of benzene rings is 1. The van der Waals surface area contributed by atoms with Crippen molar-refractivity contribution in [3.05, 3.63) is 30.6 Å². The van der Waals surface area contributed by atoms with E-state index in [4.69, 9.17) is 0 Å². The SMILES string of the molecule is OC1CCC(n2cnc3ccccc32)C1. The molecule has 78 valence electrons. The third-order valence-corrected chi connectivity index (χ3v) is 3.25. The van der Waals surface area contributed by atoms with Crippen LogP contribution in [-0.2, 0) is 0 Å². The molecule has 2 atom stereocenters. The third-order valence-electron chi connectivity index (χ3n) is 3.25. The molecule has 1 N–H and O–H groups in total. The summed E-state index contributed by atoms with van der Waals surface area (Å²) in [4.78, 5) is 4.37. The summed E-state index contributed by atoms with van der Waals surface area (Å²) in [6.07, 6.45) is 4.60. The van der Waals surface area contributed by atoms with Crippen LogP contribution in [0.4, 0.5) is 0 Å². The van der Waals surface area contributed by atoms with Gasteiger partial charge in [-0.1, -0.05) is 12.1 Å². The van der Waals surface area contributed by atoms with Crippen LogP contribution in [0.2, 0.25) is 0 Å². The van der Waals surface area contributed by atoms with E-state index in [1.807, 2.05) is 24.5 Å². The summed E-state index contributed by atoms with van der Waals surface area (Å²) < 4.78 is 2.20. The van der Waals surface area contributed by atoms with Crippen LogP contribution in [0.15, 0.2) is 30.6 Å². The van der Waals surface area contributed by atoms with E-state index in [9.17, 15) is 5.11 Å². The first-order valence-electron chi connectivity index (χ1n) is 5.44. The maximum absolute atomic E-state index is 9.54. The second-order valence-electron chi connectivity index (χ2n) is 4.26. The van der Waals surface area contributed by atoms with E-state index in [0.29, 0.717) is 6.04 Å². The Morgan fingerprint density at radius 3 is 2.93 bits per heavy atom. The van der Waals surface area contributed by atoms with Gasteiger partial charge < -0.3 is 9.67 Å². The largest absolute Gasteiger partial charge is 0.393 e. The highest BCUT2D eigenvalue weighted by atomic mass is 16.3. The molecule has 15 heavy (non-hydrogen) atoms. The van der Waals surface area contributed by atoms with Gasteiger partial charge in [0.1, 0.15) is 0 Å². The zero-order valence-electron chi connectivity index (χ0n) is 8.50. The number of para-hydroxylation sites is 2. The summed E-state index contributed by atoms with van der Waals surface area (Å²) in [5.41, 5.74) is 2.22. The maximum atomic E-state index is 9.54. The van der Waals surface area contributed by atoms with Crippen molar-refractivity contribution in [3.63, 3.8) is 0 Å². The van der Waals surface area contributed by atoms with Gasteiger partial charge in [0.25, 0.3) is 0 Å². The Bertz CT molecular complexity index is 477. The van der Waals surface area contributed by atoms with Gasteiger partial charge in [0.15, 0.2) is 0 Å². The van der Waals surface area contributed by atoms with Gasteiger partial charge >= 0.3 is 0 Å². The van der Waals surface area contributed by atoms with Gasteiger partial charge in [-0.15, -0.1) is 0 Å². The minimum absolute atomic E-state index is 0.129. The van der Waals surface area contributed by atoms with E-state index in [1.54, 1.807) is 0 Å². The summed E-state index contributed by atoms with van der Waals surface area (Å²) in [6, 6.07) is 8.58. The van der Waals surface area contributed by atoms with Crippen molar-refractivity contribution in [2.24, 2.45) is 0 Å². The van der Waals surface area contributed by atoms with Gasteiger partial charge in [-0.25, -0.2) is 4.98 Å². The molecule has 0 saturated heterocycles. The minimum Gasteiger partial charge on any atom is -0.393 e. The Hall–Kier alpha value is -1.35. The molecule has 1 saturated carbocycles. The Morgan fingerprint density at radius 1 is 1.27 bits per heavy atom. The number of fused-ring (bicyclic) bond motifs is 1. The number of aliphatic hydroxyl groups excluding tert-OH is 1. The highest BCUT2D eigenvalue weighted by Gasteiger charge is 2.24. The smallest absolute Gasteiger partial charge is 0.0960 e. The molecule has 1 heterocycles. The van der Waals surface area contributed by atoms with Crippen molar-refractivity contribution in [1.82, 2.24) is 9.55 Å². The normalized spacial score (nSPS) is 26.2. The first kappa shape index (κ1) is 8.92. The van der Waals surface area contributed by atoms with Crippen LogP contribution in [0.3, 0.4) is 0 Å². The Labute approximate surface area is 88.4 Å². The van der Waals surface area contributed by atoms with Crippen molar-refractivity contribution in [2.45, 2.75) is 31.4 Å². The molecule has 0 amide bonds. The van der Waals surface area contributed by atoms with Crippen LogP contribution in [0.25, 0.3) is 11.0 Å². The van der Waals surface area contributed by atoms with Crippen molar-refractivity contribution in [3.8, 4) is 0 Å². The molecule has 1 aromatic heterocycles. The number of nitrogens with zero attached hydrogens (tertiary/aromatic N) is 2. The highest BCUT2D eigenvalue weighted by molar-refractivity contribution is 5.75. The second kappa shape index (κ2) is 3.35. The standard InChI is InChI=1S/C12H14N2O/c15-10-6-5-9(7-10)14-8-13-11-3-1-2-4-12(11)14/h1-4,8-10,15H,5-7H2. The minimum atomic E-state index is -0.129. The second-order valence-corrected chi connectivity index (χ2v) is 4.26. The fraction of sp³-hybridized carbons (Fsp3) is 0.417. The van der Waals surface area contributed by atoms with Crippen LogP contribution in [0.5, 0.6) is 0 Å². The molecule has 3 nitrogen and oxygen atoms in total. The molecule has 2 unspecified atom stereocenters. The first-order chi connectivity index (χ1) is 7.34. The Morgan fingerprint density at radius 2 is 2.13 bits per heavy atom. The zero-order chi connectivity index (χ0) is 10.3. The molecule has 0 bridgehead atoms. The lowest BCUT2D eigenvalue weighted by Gasteiger charge is -2.12. The van der Waals surface area contributed by atoms with Crippen LogP contribution in [0.1, 0.15) is 25.3 Å². The summed E-state index contributed by atoms with van der Waals surface area (Å²) in [5.74, 6) is 0. The molecule has 3 heteroatoms. The first-order valence-corrected chi connectivity index (χ1v) is 5.44. The highest BCUT2D eigenvalue weighted by Crippen LogP contribution is 2.32. The molecule has 0 spiro atoms. The fourth-order valence-corrected chi connectivity index (χ4v) is 2.46. The third kappa shape index (κ3) is 1.43. The van der Waals surface area contributed by atoms with Crippen molar-refractivity contribution in [1.29, 1.82) is 0 Å². The average Bonchev–Trinajstić information content (AvgIpc) is 2.83. The zero-order valence-corrected chi connectivity index (χ0v) is 8.50. The van der Waals surface area contributed by atoms with E-state index in [2.05, 4.69) is 15.6 Å². The van der Waals surface area contributed by atoms with Crippen LogP contribution in [0, 0.1) is 0 Å². The monoisotopic (exact) mass is 202 g/mol. The van der Waals surface area contributed by atoms with Gasteiger partial charge in [-0.2, -0.15) is 0 Å². The molecule has 1 aliphatic rings. The lowest BCUT2D eigenvalue weighted by atomic mass is 10.2. The number of hydrogen-bond acceptors (Lipinski definition) is 2. The summed E-state index contributed by atoms with van der Waals surface area (Å²) >= 11 is 0. The lowest BCUT2D eigenvalue weighted by Crippen LogP contribution is -2.05. The number of aliphatic hydroxyl groups is 1. The van der Waals surface area contributed by atoms with E-state index in [-0.39, 0.29) is 6.10 Å². The Balaban J connectivity index is 2.04. The van der Waals surface area contributed by atoms with Gasteiger partial charge in [0, 0.05) is 6.04 Å². The van der Waals surface area contributed by atoms with Crippen molar-refractivity contribution in [2.75, 3.05) is 0 Å². The lowest BCUT2D eigenvalue weighted by molar-refractivity contribution is 0.178. The molecule has 0 radical (unpaired) electrons. The van der Waals surface area contributed by atoms with Crippen molar-refractivity contribution < 1.29 is 5.11 Å². The average molecular weight is 202 g/mol. The molecule has 0 aliphatic heterocycles. The van der Waals surface area contributed by atoms with Crippen LogP contribution in [-0.4, -0.2) is 20.8 Å². The van der Waals surface area contributed by atoms with Crippen LogP contribution >= 0.6 is 0 Å². The van der Waals surface area contributed by atoms with E-state index < -0.39 is 0 Å². The van der Waals surface area contributed by atoms with Gasteiger partial charge in [-0.3, -0.25) is 0 Å².